The van der Waals surface area contributed by atoms with Gasteiger partial charge in [-0.05, 0) is 112 Å². The molecule has 12 bridgehead atoms. The Kier molecular flexibility index (Phi) is 17.5. The van der Waals surface area contributed by atoms with Crippen LogP contribution < -0.4 is 0 Å². The van der Waals surface area contributed by atoms with Crippen LogP contribution >= 0.6 is 0 Å². The number of nitrogens with zero attached hydrogens (tertiary/aromatic N) is 4. The number of fused-ring (bicyclic) bond motifs is 13. The Morgan fingerprint density at radius 2 is 0.539 bits per heavy atom. The zero-order chi connectivity index (χ0) is 73.3. The van der Waals surface area contributed by atoms with E-state index in [-0.39, 0.29) is 55.7 Å². The largest absolute Gasteiger partial charge is 0.354 e. The molecule has 0 saturated heterocycles. The molecule has 0 unspecified atom stereocenters. The van der Waals surface area contributed by atoms with Gasteiger partial charge in [0.2, 0.25) is 23.3 Å². The SMILES string of the molecule is CC(C)[Si](C#Cc1c2nc(c(-c3c(F)c(F)c(F)c(F)c3F)c3nc(c(-c4c(F)c(F)c(F)c(F)c4F)c4ccc([nH]4)c(-c4ccc5ccccc5c4)c4nc(c(-c5c(F)c(F)c(F)c(F)c5F)c5nc(c(-c6c(F)c(F)c(F)c(F)c6F)c6ccc1[nH]6)C=C5)C=C4)C=C3)C=C2)(C(C)C)C(C)C. The summed E-state index contributed by atoms with van der Waals surface area (Å²) < 4.78 is 319. The van der Waals surface area contributed by atoms with Gasteiger partial charge in [-0.25, -0.2) is 108 Å². The van der Waals surface area contributed by atoms with Crippen LogP contribution in [0.5, 0.6) is 0 Å². The molecule has 9 aromatic rings. The Morgan fingerprint density at radius 3 is 0.892 bits per heavy atom. The van der Waals surface area contributed by atoms with Gasteiger partial charge in [0.05, 0.1) is 78.9 Å². The van der Waals surface area contributed by atoms with E-state index in [4.69, 9.17) is 0 Å². The van der Waals surface area contributed by atoms with Crippen LogP contribution in [0, 0.1) is 128 Å². The van der Waals surface area contributed by atoms with Crippen LogP contribution in [0.3, 0.4) is 0 Å². The molecule has 2 N–H and O–H groups in total. The van der Waals surface area contributed by atoms with Gasteiger partial charge in [-0.3, -0.25) is 0 Å². The molecule has 102 heavy (non-hydrogen) atoms. The van der Waals surface area contributed by atoms with Crippen LogP contribution in [0.4, 0.5) is 87.8 Å². The third-order valence-corrected chi connectivity index (χ3v) is 24.5. The second-order valence-corrected chi connectivity index (χ2v) is 30.3. The van der Waals surface area contributed by atoms with Crippen molar-refractivity contribution in [2.45, 2.75) is 58.2 Å². The number of halogens is 20. The molecule has 6 nitrogen and oxygen atoms in total. The Labute approximate surface area is 564 Å². The smallest absolute Gasteiger partial charge is 0.200 e. The fraction of sp³-hybridized carbons (Fsp3) is 0.120. The summed E-state index contributed by atoms with van der Waals surface area (Å²) in [6.07, 6.45) is 7.38. The predicted octanol–water partition coefficient (Wildman–Crippen LogP) is 22.5. The van der Waals surface area contributed by atoms with Crippen molar-refractivity contribution in [2.24, 2.45) is 0 Å². The first-order valence-corrected chi connectivity index (χ1v) is 32.9. The lowest BCUT2D eigenvalue weighted by Crippen LogP contribution is -2.43. The first-order valence-electron chi connectivity index (χ1n) is 30.7. The second-order valence-electron chi connectivity index (χ2n) is 24.7. The first kappa shape index (κ1) is 69.3. The van der Waals surface area contributed by atoms with E-state index in [1.54, 1.807) is 30.3 Å². The highest BCUT2D eigenvalue weighted by atomic mass is 28.3. The molecule has 13 rings (SSSR count). The second kappa shape index (κ2) is 25.8. The van der Waals surface area contributed by atoms with E-state index < -0.39 is 214 Å². The molecule has 7 heterocycles. The van der Waals surface area contributed by atoms with E-state index in [1.807, 2.05) is 41.5 Å². The maximum atomic E-state index is 16.7. The summed E-state index contributed by atoms with van der Waals surface area (Å²) in [4.78, 5) is 23.5. The van der Waals surface area contributed by atoms with E-state index >= 15 is 87.8 Å². The fourth-order valence-electron chi connectivity index (χ4n) is 13.5. The number of H-pyrrole nitrogens is 2. The topological polar surface area (TPSA) is 83.1 Å². The molecule has 6 aromatic carbocycles. The van der Waals surface area contributed by atoms with Crippen molar-refractivity contribution in [3.63, 3.8) is 0 Å². The summed E-state index contributed by atoms with van der Waals surface area (Å²) in [5.41, 5.74) is -16.0. The number of hydrogen-bond donors (Lipinski definition) is 2. The molecule has 0 amide bonds. The number of hydrogen-bond acceptors (Lipinski definition) is 4. The van der Waals surface area contributed by atoms with Gasteiger partial charge in [0.15, 0.2) is 93.1 Å². The third-order valence-electron chi connectivity index (χ3n) is 18.2. The maximum Gasteiger partial charge on any atom is 0.200 e. The summed E-state index contributed by atoms with van der Waals surface area (Å²) in [6, 6.07) is 15.4. The maximum absolute atomic E-state index is 16.7. The first-order chi connectivity index (χ1) is 48.4. The highest BCUT2D eigenvalue weighted by molar-refractivity contribution is 6.90. The van der Waals surface area contributed by atoms with E-state index in [1.165, 1.54) is 12.1 Å². The number of benzene rings is 6. The third kappa shape index (κ3) is 10.9. The van der Waals surface area contributed by atoms with Crippen molar-refractivity contribution in [1.82, 2.24) is 29.9 Å². The summed E-state index contributed by atoms with van der Waals surface area (Å²) in [7, 11) is -3.00. The summed E-state index contributed by atoms with van der Waals surface area (Å²) in [5, 5.41) is 1.07. The van der Waals surface area contributed by atoms with Crippen molar-refractivity contribution in [3.05, 3.63) is 234 Å². The predicted molar refractivity (Wildman–Crippen MR) is 349 cm³/mol. The average molecular weight is 1440 g/mol. The number of nitrogens with one attached hydrogen (secondary N) is 2. The molecule has 4 aliphatic rings. The molecule has 0 aliphatic carbocycles. The number of aromatic amines is 2. The van der Waals surface area contributed by atoms with E-state index in [0.717, 1.165) is 72.9 Å². The molecular formula is C75H42F20N6Si. The minimum Gasteiger partial charge on any atom is -0.354 e. The lowest BCUT2D eigenvalue weighted by molar-refractivity contribution is 0.381. The summed E-state index contributed by atoms with van der Waals surface area (Å²) in [5.74, 6) is -47.5. The quantitative estimate of drug-likeness (QED) is 0.0522. The van der Waals surface area contributed by atoms with Gasteiger partial charge in [-0.1, -0.05) is 83.9 Å². The van der Waals surface area contributed by atoms with Crippen LogP contribution in [0.25, 0.3) is 137 Å². The molecule has 0 fully saturated rings. The Balaban J connectivity index is 1.31. The van der Waals surface area contributed by atoms with Crippen LogP contribution in [-0.2, 0) is 0 Å². The van der Waals surface area contributed by atoms with Crippen LogP contribution in [0.1, 0.15) is 92.7 Å². The molecule has 0 radical (unpaired) electrons. The molecule has 4 aliphatic heterocycles. The Bertz CT molecular complexity index is 5660. The van der Waals surface area contributed by atoms with Crippen LogP contribution in [0.2, 0.25) is 16.6 Å². The monoisotopic (exact) mass is 1430 g/mol. The molecule has 0 atom stereocenters. The van der Waals surface area contributed by atoms with Crippen LogP contribution in [0.15, 0.2) is 66.7 Å². The zero-order valence-electron chi connectivity index (χ0n) is 53.0. The van der Waals surface area contributed by atoms with Gasteiger partial charge < -0.3 is 9.97 Å². The van der Waals surface area contributed by atoms with Gasteiger partial charge in [-0.15, -0.1) is 5.54 Å². The molecule has 27 heteroatoms. The molecular weight excluding hydrogens is 1390 g/mol. The van der Waals surface area contributed by atoms with Crippen molar-refractivity contribution in [2.75, 3.05) is 0 Å². The molecule has 3 aromatic heterocycles. The number of rotatable bonds is 8. The lowest BCUT2D eigenvalue weighted by atomic mass is 9.99. The van der Waals surface area contributed by atoms with Gasteiger partial charge >= 0.3 is 0 Å². The normalized spacial score (nSPS) is 12.6. The highest BCUT2D eigenvalue weighted by Crippen LogP contribution is 2.47. The van der Waals surface area contributed by atoms with Gasteiger partial charge in [-0.2, -0.15) is 0 Å². The zero-order valence-corrected chi connectivity index (χ0v) is 54.0. The molecule has 516 valence electrons. The van der Waals surface area contributed by atoms with Crippen molar-refractivity contribution in [1.29, 1.82) is 0 Å². The summed E-state index contributed by atoms with van der Waals surface area (Å²) in [6.45, 7) is 11.4. The lowest BCUT2D eigenvalue weighted by Gasteiger charge is -2.38. The van der Waals surface area contributed by atoms with Crippen LogP contribution in [-0.4, -0.2) is 38.0 Å². The van der Waals surface area contributed by atoms with Gasteiger partial charge in [0.25, 0.3) is 0 Å². The minimum absolute atomic E-state index is 0.106. The minimum atomic E-state index is -3.00. The average Bonchev–Trinajstić information content (AvgIpc) is 1.34. The van der Waals surface area contributed by atoms with Crippen molar-refractivity contribution in [3.8, 4) is 67.1 Å². The Morgan fingerprint density at radius 1 is 0.275 bits per heavy atom. The van der Waals surface area contributed by atoms with Gasteiger partial charge in [0.1, 0.15) is 8.07 Å². The van der Waals surface area contributed by atoms with E-state index in [0.29, 0.717) is 10.8 Å². The van der Waals surface area contributed by atoms with E-state index in [9.17, 15) is 0 Å². The Hall–Kier alpha value is -11.1. The standard InChI is InChI=1S/C75H42F20N6Si/c1-28(2)102(29(3)4,30(5)6)26-25-34-35-13-15-39(96-35)48(52-56(76)64(84)72(92)65(85)57(52)77)43-21-23-45(100-43)50(54-60(80)68(88)74(94)69(89)61(54)81)41-19-17-37(98-41)47(33-12-11-31-9-7-8-10-32(31)27-33)38-18-20-42(99-38)51(55-62(82)70(90)75(95)71(91)63(55)83)46-24-22-44(101-46)49(40-16-14-36(34)97-40)53-58(78)66(86)73(93)67(87)59(53)79/h7-24,27-30,96,99H,1-6H3. The number of aromatic nitrogens is 6. The fourth-order valence-corrected chi connectivity index (χ4v) is 18.7. The molecule has 0 spiro atoms. The van der Waals surface area contributed by atoms with E-state index in [2.05, 4.69) is 41.4 Å². The highest BCUT2D eigenvalue weighted by Gasteiger charge is 2.42. The van der Waals surface area contributed by atoms with Crippen molar-refractivity contribution >= 4 is 89.5 Å². The van der Waals surface area contributed by atoms with Gasteiger partial charge in [0, 0.05) is 44.4 Å². The summed E-state index contributed by atoms with van der Waals surface area (Å²) >= 11 is 0. The van der Waals surface area contributed by atoms with Crippen molar-refractivity contribution < 1.29 is 87.8 Å². The molecule has 0 saturated carbocycles.